The molecule has 0 fully saturated rings. The minimum absolute atomic E-state index is 0.318. The number of fused-ring (bicyclic) bond motifs is 1. The van der Waals surface area contributed by atoms with E-state index in [1.54, 1.807) is 7.11 Å². The molecule has 1 atom stereocenters. The molecule has 0 spiro atoms. The van der Waals surface area contributed by atoms with E-state index in [0.717, 1.165) is 29.0 Å². The molecule has 1 aromatic carbocycles. The molecule has 0 aliphatic rings. The van der Waals surface area contributed by atoms with Gasteiger partial charge in [-0.25, -0.2) is 4.98 Å². The van der Waals surface area contributed by atoms with Crippen LogP contribution in [0.25, 0.3) is 11.0 Å². The Morgan fingerprint density at radius 2 is 2.24 bits per heavy atom. The third kappa shape index (κ3) is 2.00. The summed E-state index contributed by atoms with van der Waals surface area (Å²) in [5, 5.41) is 0. The fourth-order valence-corrected chi connectivity index (χ4v) is 2.15. The van der Waals surface area contributed by atoms with E-state index in [-0.39, 0.29) is 0 Å². The van der Waals surface area contributed by atoms with Gasteiger partial charge in [-0.3, -0.25) is 0 Å². The van der Waals surface area contributed by atoms with Gasteiger partial charge in [0.15, 0.2) is 0 Å². The Balaban J connectivity index is 2.55. The molecule has 92 valence electrons. The molecule has 0 bridgehead atoms. The Morgan fingerprint density at radius 3 is 2.82 bits per heavy atom. The zero-order valence-corrected chi connectivity index (χ0v) is 10.6. The molecule has 0 saturated heterocycles. The summed E-state index contributed by atoms with van der Waals surface area (Å²) in [5.74, 6) is 2.21. The molecule has 1 unspecified atom stereocenters. The van der Waals surface area contributed by atoms with Crippen molar-refractivity contribution in [3.63, 3.8) is 0 Å². The van der Waals surface area contributed by atoms with Crippen molar-refractivity contribution in [2.75, 3.05) is 13.7 Å². The summed E-state index contributed by atoms with van der Waals surface area (Å²) < 4.78 is 7.33. The largest absolute Gasteiger partial charge is 0.497 e. The van der Waals surface area contributed by atoms with Crippen molar-refractivity contribution in [3.8, 4) is 5.75 Å². The van der Waals surface area contributed by atoms with Crippen LogP contribution in [0.5, 0.6) is 5.75 Å². The molecular formula is C13H19N3O. The van der Waals surface area contributed by atoms with Gasteiger partial charge in [0.1, 0.15) is 11.6 Å². The fourth-order valence-electron chi connectivity index (χ4n) is 2.15. The number of hydrogen-bond acceptors (Lipinski definition) is 3. The molecule has 4 heteroatoms. The summed E-state index contributed by atoms with van der Waals surface area (Å²) in [6.07, 6.45) is 1.00. The second-order valence-corrected chi connectivity index (χ2v) is 4.22. The van der Waals surface area contributed by atoms with Crippen molar-refractivity contribution in [2.24, 2.45) is 12.8 Å². The predicted octanol–water partition coefficient (Wildman–Crippen LogP) is 2.03. The van der Waals surface area contributed by atoms with E-state index in [4.69, 9.17) is 10.5 Å². The van der Waals surface area contributed by atoms with Crippen molar-refractivity contribution < 1.29 is 4.74 Å². The first-order valence-corrected chi connectivity index (χ1v) is 5.91. The molecule has 0 aliphatic carbocycles. The van der Waals surface area contributed by atoms with Crippen LogP contribution < -0.4 is 10.5 Å². The second-order valence-electron chi connectivity index (χ2n) is 4.22. The zero-order chi connectivity index (χ0) is 12.4. The van der Waals surface area contributed by atoms with Gasteiger partial charge in [0.2, 0.25) is 0 Å². The monoisotopic (exact) mass is 233 g/mol. The third-order valence-electron chi connectivity index (χ3n) is 3.27. The van der Waals surface area contributed by atoms with Crippen LogP contribution in [-0.2, 0) is 7.05 Å². The highest BCUT2D eigenvalue weighted by molar-refractivity contribution is 5.77. The van der Waals surface area contributed by atoms with Crippen molar-refractivity contribution in [1.82, 2.24) is 9.55 Å². The first-order valence-electron chi connectivity index (χ1n) is 5.91. The molecule has 2 N–H and O–H groups in total. The quantitative estimate of drug-likeness (QED) is 0.879. The number of aromatic nitrogens is 2. The third-order valence-corrected chi connectivity index (χ3v) is 3.27. The molecule has 1 aromatic heterocycles. The average molecular weight is 233 g/mol. The van der Waals surface area contributed by atoms with Crippen molar-refractivity contribution in [2.45, 2.75) is 19.3 Å². The molecule has 0 aliphatic heterocycles. The van der Waals surface area contributed by atoms with Gasteiger partial charge in [0.05, 0.1) is 18.1 Å². The Bertz CT molecular complexity index is 515. The maximum atomic E-state index is 5.78. The van der Waals surface area contributed by atoms with Crippen LogP contribution in [0, 0.1) is 0 Å². The molecule has 2 rings (SSSR count). The van der Waals surface area contributed by atoms with Gasteiger partial charge in [0, 0.05) is 25.6 Å². The highest BCUT2D eigenvalue weighted by atomic mass is 16.5. The van der Waals surface area contributed by atoms with Crippen molar-refractivity contribution >= 4 is 11.0 Å². The number of aryl methyl sites for hydroxylation is 1. The minimum Gasteiger partial charge on any atom is -0.497 e. The molecule has 0 saturated carbocycles. The Hall–Kier alpha value is -1.55. The van der Waals surface area contributed by atoms with Gasteiger partial charge in [-0.05, 0) is 18.6 Å². The molecular weight excluding hydrogens is 214 g/mol. The topological polar surface area (TPSA) is 53.1 Å². The number of hydrogen-bond donors (Lipinski definition) is 1. The number of nitrogens with two attached hydrogens (primary N) is 1. The molecule has 0 amide bonds. The standard InChI is InChI=1S/C13H19N3O/c1-4-9(8-14)13-15-11-7-10(17-3)5-6-12(11)16(13)2/h5-7,9H,4,8,14H2,1-3H3. The van der Waals surface area contributed by atoms with E-state index < -0.39 is 0 Å². The van der Waals surface area contributed by atoms with Gasteiger partial charge >= 0.3 is 0 Å². The van der Waals surface area contributed by atoms with E-state index in [1.807, 2.05) is 25.2 Å². The smallest absolute Gasteiger partial charge is 0.121 e. The highest BCUT2D eigenvalue weighted by Crippen LogP contribution is 2.25. The summed E-state index contributed by atoms with van der Waals surface area (Å²) in [7, 11) is 3.70. The van der Waals surface area contributed by atoms with Gasteiger partial charge < -0.3 is 15.0 Å². The van der Waals surface area contributed by atoms with Gasteiger partial charge in [-0.15, -0.1) is 0 Å². The van der Waals surface area contributed by atoms with Crippen LogP contribution in [-0.4, -0.2) is 23.2 Å². The molecule has 4 nitrogen and oxygen atoms in total. The number of methoxy groups -OCH3 is 1. The maximum absolute atomic E-state index is 5.78. The lowest BCUT2D eigenvalue weighted by Gasteiger charge is -2.11. The first kappa shape index (κ1) is 11.9. The summed E-state index contributed by atoms with van der Waals surface area (Å²) in [5.41, 5.74) is 7.87. The van der Waals surface area contributed by atoms with Crippen molar-refractivity contribution in [3.05, 3.63) is 24.0 Å². The fraction of sp³-hybridized carbons (Fsp3) is 0.462. The number of nitrogens with zero attached hydrogens (tertiary/aromatic N) is 2. The van der Waals surface area contributed by atoms with E-state index >= 15 is 0 Å². The minimum atomic E-state index is 0.318. The summed E-state index contributed by atoms with van der Waals surface area (Å²) >= 11 is 0. The van der Waals surface area contributed by atoms with Crippen LogP contribution in [0.15, 0.2) is 18.2 Å². The molecule has 2 aromatic rings. The molecule has 17 heavy (non-hydrogen) atoms. The summed E-state index contributed by atoms with van der Waals surface area (Å²) in [6, 6.07) is 5.95. The van der Waals surface area contributed by atoms with Gasteiger partial charge in [-0.2, -0.15) is 0 Å². The molecule has 1 heterocycles. The van der Waals surface area contributed by atoms with Crippen LogP contribution in [0.3, 0.4) is 0 Å². The number of rotatable bonds is 4. The van der Waals surface area contributed by atoms with Crippen LogP contribution in [0.2, 0.25) is 0 Å². The highest BCUT2D eigenvalue weighted by Gasteiger charge is 2.15. The zero-order valence-electron chi connectivity index (χ0n) is 10.6. The summed E-state index contributed by atoms with van der Waals surface area (Å²) in [6.45, 7) is 2.77. The van der Waals surface area contributed by atoms with Gasteiger partial charge in [0.25, 0.3) is 0 Å². The van der Waals surface area contributed by atoms with Crippen LogP contribution >= 0.6 is 0 Å². The normalized spacial score (nSPS) is 12.9. The van der Waals surface area contributed by atoms with Gasteiger partial charge in [-0.1, -0.05) is 6.92 Å². The number of imidazole rings is 1. The lowest BCUT2D eigenvalue weighted by Crippen LogP contribution is -2.15. The summed E-state index contributed by atoms with van der Waals surface area (Å²) in [4.78, 5) is 4.67. The number of benzene rings is 1. The lowest BCUT2D eigenvalue weighted by atomic mass is 10.1. The van der Waals surface area contributed by atoms with Crippen molar-refractivity contribution in [1.29, 1.82) is 0 Å². The van der Waals surface area contributed by atoms with E-state index in [2.05, 4.69) is 16.5 Å². The Kier molecular flexibility index (Phi) is 3.33. The average Bonchev–Trinajstić information content (AvgIpc) is 2.68. The maximum Gasteiger partial charge on any atom is 0.121 e. The van der Waals surface area contributed by atoms with E-state index in [1.165, 1.54) is 0 Å². The van der Waals surface area contributed by atoms with Crippen LogP contribution in [0.4, 0.5) is 0 Å². The Morgan fingerprint density at radius 1 is 1.47 bits per heavy atom. The molecule has 0 radical (unpaired) electrons. The lowest BCUT2D eigenvalue weighted by molar-refractivity contribution is 0.415. The van der Waals surface area contributed by atoms with E-state index in [9.17, 15) is 0 Å². The second kappa shape index (κ2) is 4.75. The van der Waals surface area contributed by atoms with Crippen LogP contribution in [0.1, 0.15) is 25.1 Å². The first-order chi connectivity index (χ1) is 8.21. The Labute approximate surface area is 101 Å². The van der Waals surface area contributed by atoms with E-state index in [0.29, 0.717) is 12.5 Å². The SMILES string of the molecule is CCC(CN)c1nc2cc(OC)ccc2n1C. The number of ether oxygens (including phenoxy) is 1. The predicted molar refractivity (Wildman–Crippen MR) is 69.4 cm³/mol.